The minimum atomic E-state index is -0.620. The van der Waals surface area contributed by atoms with Gasteiger partial charge in [-0.15, -0.1) is 0 Å². The molecule has 0 atom stereocenters. The first-order valence-electron chi connectivity index (χ1n) is 7.04. The second-order valence-electron chi connectivity index (χ2n) is 5.05. The van der Waals surface area contributed by atoms with Crippen molar-refractivity contribution in [2.24, 2.45) is 5.73 Å². The first-order valence-corrected chi connectivity index (χ1v) is 7.04. The lowest BCUT2D eigenvalue weighted by atomic mass is 10.1. The molecule has 0 bridgehead atoms. The normalized spacial score (nSPS) is 13.9. The summed E-state index contributed by atoms with van der Waals surface area (Å²) in [4.78, 5) is 33.0. The lowest BCUT2D eigenvalue weighted by molar-refractivity contribution is -0.132. The van der Waals surface area contributed by atoms with E-state index in [0.717, 1.165) is 30.5 Å². The van der Waals surface area contributed by atoms with Crippen molar-refractivity contribution >= 4 is 11.8 Å². The van der Waals surface area contributed by atoms with Crippen molar-refractivity contribution in [2.75, 3.05) is 6.54 Å². The molecule has 0 spiro atoms. The largest absolute Gasteiger partial charge is 0.363 e. The number of fused-ring (bicyclic) bond motifs is 1. The van der Waals surface area contributed by atoms with E-state index in [1.54, 1.807) is 6.20 Å². The van der Waals surface area contributed by atoms with Crippen LogP contribution in [0.5, 0.6) is 0 Å². The third-order valence-corrected chi connectivity index (χ3v) is 3.50. The molecule has 1 aliphatic rings. The van der Waals surface area contributed by atoms with Crippen molar-refractivity contribution in [3.8, 4) is 0 Å². The molecular weight excluding hydrogens is 256 g/mol. The van der Waals surface area contributed by atoms with Gasteiger partial charge in [0.1, 0.15) is 0 Å². The van der Waals surface area contributed by atoms with E-state index in [1.807, 2.05) is 4.90 Å². The average molecular weight is 276 g/mol. The van der Waals surface area contributed by atoms with Gasteiger partial charge in [-0.05, 0) is 6.42 Å². The first-order chi connectivity index (χ1) is 9.61. The third-order valence-electron chi connectivity index (χ3n) is 3.50. The molecule has 0 fully saturated rings. The second-order valence-corrected chi connectivity index (χ2v) is 5.05. The lowest BCUT2D eigenvalue weighted by Gasteiger charge is -2.28. The third kappa shape index (κ3) is 3.31. The van der Waals surface area contributed by atoms with Crippen LogP contribution in [0.1, 0.15) is 54.5 Å². The highest BCUT2D eigenvalue weighted by molar-refractivity contribution is 5.88. The van der Waals surface area contributed by atoms with Crippen molar-refractivity contribution in [1.82, 2.24) is 14.9 Å². The number of unbranched alkanes of at least 4 members (excludes halogenated alkanes) is 2. The first kappa shape index (κ1) is 14.4. The predicted molar refractivity (Wildman–Crippen MR) is 73.8 cm³/mol. The molecule has 6 heteroatoms. The second kappa shape index (κ2) is 6.45. The van der Waals surface area contributed by atoms with Gasteiger partial charge in [-0.3, -0.25) is 9.59 Å². The number of aromatic nitrogens is 2. The smallest absolute Gasteiger partial charge is 0.286 e. The topological polar surface area (TPSA) is 89.2 Å². The molecule has 0 unspecified atom stereocenters. The number of hydrogen-bond donors (Lipinski definition) is 1. The quantitative estimate of drug-likeness (QED) is 0.814. The van der Waals surface area contributed by atoms with Crippen molar-refractivity contribution in [2.45, 2.75) is 45.6 Å². The Labute approximate surface area is 118 Å². The Kier molecular flexibility index (Phi) is 4.65. The van der Waals surface area contributed by atoms with E-state index < -0.39 is 5.91 Å². The molecule has 6 nitrogen and oxygen atoms in total. The zero-order valence-electron chi connectivity index (χ0n) is 11.8. The van der Waals surface area contributed by atoms with Crippen molar-refractivity contribution < 1.29 is 9.59 Å². The van der Waals surface area contributed by atoms with Crippen LogP contribution in [0.2, 0.25) is 0 Å². The fraction of sp³-hybridized carbons (Fsp3) is 0.571. The Balaban J connectivity index is 2.00. The van der Waals surface area contributed by atoms with Gasteiger partial charge in [0.05, 0.1) is 5.69 Å². The van der Waals surface area contributed by atoms with E-state index in [4.69, 9.17) is 5.73 Å². The molecule has 2 rings (SSSR count). The van der Waals surface area contributed by atoms with Crippen LogP contribution in [-0.4, -0.2) is 33.2 Å². The van der Waals surface area contributed by atoms with E-state index in [0.29, 0.717) is 25.9 Å². The Bertz CT molecular complexity index is 516. The van der Waals surface area contributed by atoms with Crippen LogP contribution in [0.25, 0.3) is 0 Å². The Morgan fingerprint density at radius 2 is 2.20 bits per heavy atom. The van der Waals surface area contributed by atoms with Crippen LogP contribution in [0.4, 0.5) is 0 Å². The van der Waals surface area contributed by atoms with Gasteiger partial charge in [0.25, 0.3) is 5.91 Å². The highest BCUT2D eigenvalue weighted by Gasteiger charge is 2.22. The van der Waals surface area contributed by atoms with E-state index in [1.165, 1.54) is 0 Å². The number of carbonyl (C=O) groups excluding carboxylic acids is 2. The maximum absolute atomic E-state index is 12.1. The molecule has 0 aliphatic carbocycles. The Morgan fingerprint density at radius 3 is 2.90 bits per heavy atom. The van der Waals surface area contributed by atoms with Gasteiger partial charge in [0.2, 0.25) is 11.7 Å². The van der Waals surface area contributed by atoms with E-state index in [9.17, 15) is 9.59 Å². The molecule has 2 amide bonds. The molecule has 1 aromatic heterocycles. The van der Waals surface area contributed by atoms with Crippen LogP contribution >= 0.6 is 0 Å². The number of primary amides is 1. The SMILES string of the molecule is CCCCCC(=O)N1CCc2nc(C(N)=O)ncc2C1. The number of nitrogens with zero attached hydrogens (tertiary/aromatic N) is 3. The molecule has 1 aromatic rings. The number of rotatable bonds is 5. The maximum Gasteiger partial charge on any atom is 0.286 e. The van der Waals surface area contributed by atoms with Gasteiger partial charge in [-0.2, -0.15) is 0 Å². The molecule has 0 aromatic carbocycles. The van der Waals surface area contributed by atoms with E-state index in [-0.39, 0.29) is 11.7 Å². The van der Waals surface area contributed by atoms with Gasteiger partial charge < -0.3 is 10.6 Å². The minimum Gasteiger partial charge on any atom is -0.363 e. The van der Waals surface area contributed by atoms with Crippen molar-refractivity contribution in [1.29, 1.82) is 0 Å². The average Bonchev–Trinajstić information content (AvgIpc) is 2.46. The summed E-state index contributed by atoms with van der Waals surface area (Å²) in [5.74, 6) is -0.388. The van der Waals surface area contributed by atoms with Crippen LogP contribution in [0, 0.1) is 0 Å². The number of carbonyl (C=O) groups is 2. The fourth-order valence-corrected chi connectivity index (χ4v) is 2.33. The molecule has 1 aliphatic heterocycles. The standard InChI is InChI=1S/C14H20N4O2/c1-2-3-4-5-12(19)18-7-6-11-10(9-18)8-16-14(17-11)13(15)20/h8H,2-7,9H2,1H3,(H2,15,20). The summed E-state index contributed by atoms with van der Waals surface area (Å²) < 4.78 is 0. The molecule has 2 heterocycles. The summed E-state index contributed by atoms with van der Waals surface area (Å²) in [6.45, 7) is 3.29. The van der Waals surface area contributed by atoms with Gasteiger partial charge in [0, 0.05) is 37.7 Å². The maximum atomic E-state index is 12.1. The van der Waals surface area contributed by atoms with E-state index >= 15 is 0 Å². The van der Waals surface area contributed by atoms with Crippen molar-refractivity contribution in [3.05, 3.63) is 23.3 Å². The predicted octanol–water partition coefficient (Wildman–Crippen LogP) is 1.04. The summed E-state index contributed by atoms with van der Waals surface area (Å²) in [6, 6.07) is 0. The van der Waals surface area contributed by atoms with Crippen LogP contribution in [0.15, 0.2) is 6.20 Å². The Morgan fingerprint density at radius 1 is 1.40 bits per heavy atom. The highest BCUT2D eigenvalue weighted by atomic mass is 16.2. The summed E-state index contributed by atoms with van der Waals surface area (Å²) >= 11 is 0. The monoisotopic (exact) mass is 276 g/mol. The van der Waals surface area contributed by atoms with Gasteiger partial charge in [-0.25, -0.2) is 9.97 Å². The molecule has 0 saturated heterocycles. The van der Waals surface area contributed by atoms with Gasteiger partial charge in [-0.1, -0.05) is 19.8 Å². The van der Waals surface area contributed by atoms with Crippen LogP contribution < -0.4 is 5.73 Å². The number of amides is 2. The Hall–Kier alpha value is -1.98. The van der Waals surface area contributed by atoms with Crippen LogP contribution in [0.3, 0.4) is 0 Å². The summed E-state index contributed by atoms with van der Waals surface area (Å²) in [5, 5.41) is 0. The van der Waals surface area contributed by atoms with Gasteiger partial charge >= 0.3 is 0 Å². The molecule has 2 N–H and O–H groups in total. The molecular formula is C14H20N4O2. The lowest BCUT2D eigenvalue weighted by Crippen LogP contribution is -2.36. The highest BCUT2D eigenvalue weighted by Crippen LogP contribution is 2.17. The number of nitrogens with two attached hydrogens (primary N) is 1. The molecule has 108 valence electrons. The zero-order valence-corrected chi connectivity index (χ0v) is 11.8. The van der Waals surface area contributed by atoms with Crippen molar-refractivity contribution in [3.63, 3.8) is 0 Å². The summed E-state index contributed by atoms with van der Waals surface area (Å²) in [6.07, 6.45) is 5.99. The number of hydrogen-bond acceptors (Lipinski definition) is 4. The molecule has 0 radical (unpaired) electrons. The summed E-state index contributed by atoms with van der Waals surface area (Å²) in [5.41, 5.74) is 6.89. The summed E-state index contributed by atoms with van der Waals surface area (Å²) in [7, 11) is 0. The fourth-order valence-electron chi connectivity index (χ4n) is 2.33. The zero-order chi connectivity index (χ0) is 14.5. The molecule has 20 heavy (non-hydrogen) atoms. The van der Waals surface area contributed by atoms with Crippen LogP contribution in [-0.2, 0) is 17.8 Å². The van der Waals surface area contributed by atoms with Gasteiger partial charge in [0.15, 0.2) is 0 Å². The van der Waals surface area contributed by atoms with E-state index in [2.05, 4.69) is 16.9 Å². The molecule has 0 saturated carbocycles. The minimum absolute atomic E-state index is 0.0477.